The van der Waals surface area contributed by atoms with Crippen molar-refractivity contribution in [3.05, 3.63) is 83.7 Å². The van der Waals surface area contributed by atoms with Crippen LogP contribution in [0.1, 0.15) is 87.1 Å². The van der Waals surface area contributed by atoms with E-state index in [4.69, 9.17) is 9.47 Å². The van der Waals surface area contributed by atoms with Crippen molar-refractivity contribution < 1.29 is 18.7 Å². The highest BCUT2D eigenvalue weighted by atomic mass is 19.1. The molecule has 0 amide bonds. The average Bonchev–Trinajstić information content (AvgIpc) is 2.89. The summed E-state index contributed by atoms with van der Waals surface area (Å²) in [6.45, 7) is 4.51. The summed E-state index contributed by atoms with van der Waals surface area (Å²) < 4.78 is 26.0. The first-order valence-electron chi connectivity index (χ1n) is 13.5. The van der Waals surface area contributed by atoms with Gasteiger partial charge in [0.1, 0.15) is 23.9 Å². The topological polar surface area (TPSA) is 35.5 Å². The fourth-order valence-electron chi connectivity index (χ4n) is 6.01. The van der Waals surface area contributed by atoms with Crippen molar-refractivity contribution in [3.63, 3.8) is 0 Å². The summed E-state index contributed by atoms with van der Waals surface area (Å²) in [5.41, 5.74) is 0.989. The first-order chi connectivity index (χ1) is 17.6. The van der Waals surface area contributed by atoms with Gasteiger partial charge in [-0.1, -0.05) is 36.8 Å². The zero-order valence-corrected chi connectivity index (χ0v) is 21.6. The zero-order valence-electron chi connectivity index (χ0n) is 21.6. The molecule has 4 unspecified atom stereocenters. The van der Waals surface area contributed by atoms with Crippen LogP contribution in [0.3, 0.4) is 0 Å². The number of fused-ring (bicyclic) bond motifs is 1. The number of rotatable bonds is 9. The molecule has 0 N–H and O–H groups in total. The van der Waals surface area contributed by atoms with E-state index in [1.54, 1.807) is 36.4 Å². The Bertz CT molecular complexity index is 1060. The molecule has 0 bridgehead atoms. The van der Waals surface area contributed by atoms with Crippen LogP contribution in [-0.2, 0) is 0 Å². The monoisotopic (exact) mass is 490 g/mol. The van der Waals surface area contributed by atoms with Gasteiger partial charge in [0.05, 0.1) is 5.56 Å². The minimum absolute atomic E-state index is 0.0255. The van der Waals surface area contributed by atoms with E-state index in [1.165, 1.54) is 38.5 Å². The molecule has 2 saturated carbocycles. The first kappa shape index (κ1) is 26.2. The number of allylic oxidation sites excluding steroid dienone is 3. The van der Waals surface area contributed by atoms with Gasteiger partial charge in [-0.05, 0) is 124 Å². The maximum Gasteiger partial charge on any atom is 0.346 e. The molecule has 0 heterocycles. The van der Waals surface area contributed by atoms with Crippen molar-refractivity contribution in [2.75, 3.05) is 6.61 Å². The van der Waals surface area contributed by atoms with Crippen LogP contribution < -0.4 is 9.47 Å². The van der Waals surface area contributed by atoms with E-state index in [0.29, 0.717) is 24.0 Å². The molecule has 4 heteroatoms. The van der Waals surface area contributed by atoms with Crippen LogP contribution in [0.5, 0.6) is 11.5 Å². The smallest absolute Gasteiger partial charge is 0.346 e. The molecule has 2 aliphatic rings. The largest absolute Gasteiger partial charge is 0.490 e. The molecule has 0 saturated heterocycles. The number of halogens is 1. The molecular weight excluding hydrogens is 451 g/mol. The Morgan fingerprint density at radius 2 is 1.64 bits per heavy atom. The van der Waals surface area contributed by atoms with Gasteiger partial charge in [0.2, 0.25) is 0 Å². The van der Waals surface area contributed by atoms with Crippen LogP contribution in [0, 0.1) is 23.6 Å². The number of esters is 1. The predicted octanol–water partition coefficient (Wildman–Crippen LogP) is 8.66. The Labute approximate surface area is 215 Å². The lowest BCUT2D eigenvalue weighted by Crippen LogP contribution is -2.30. The second-order valence-corrected chi connectivity index (χ2v) is 10.3. The average molecular weight is 491 g/mol. The molecule has 4 atom stereocenters. The van der Waals surface area contributed by atoms with Crippen LogP contribution in [-0.4, -0.2) is 12.6 Å². The fraction of sp³-hybridized carbons (Fsp3) is 0.469. The molecule has 0 radical (unpaired) electrons. The summed E-state index contributed by atoms with van der Waals surface area (Å²) in [6.07, 6.45) is 18.2. The summed E-state index contributed by atoms with van der Waals surface area (Å²) in [4.78, 5) is 12.6. The van der Waals surface area contributed by atoms with Crippen LogP contribution >= 0.6 is 0 Å². The van der Waals surface area contributed by atoms with Crippen LogP contribution in [0.15, 0.2) is 66.8 Å². The van der Waals surface area contributed by atoms with E-state index < -0.39 is 11.8 Å². The minimum atomic E-state index is -0.679. The van der Waals surface area contributed by atoms with Crippen molar-refractivity contribution in [2.24, 2.45) is 17.8 Å². The highest BCUT2D eigenvalue weighted by Crippen LogP contribution is 2.48. The van der Waals surface area contributed by atoms with Gasteiger partial charge in [-0.3, -0.25) is 0 Å². The summed E-state index contributed by atoms with van der Waals surface area (Å²) >= 11 is 0. The molecular formula is C32H39FO3. The van der Waals surface area contributed by atoms with Crippen molar-refractivity contribution in [2.45, 2.75) is 71.1 Å². The van der Waals surface area contributed by atoms with Crippen LogP contribution in [0.2, 0.25) is 0 Å². The van der Waals surface area contributed by atoms with Crippen molar-refractivity contribution in [1.82, 2.24) is 0 Å². The highest BCUT2D eigenvalue weighted by Gasteiger charge is 2.36. The molecule has 2 aromatic carbocycles. The Hall–Kier alpha value is -2.88. The highest BCUT2D eigenvalue weighted by molar-refractivity contribution is 5.91. The summed E-state index contributed by atoms with van der Waals surface area (Å²) in [5.74, 6) is 2.68. The molecule has 2 aromatic rings. The minimum Gasteiger partial charge on any atom is -0.490 e. The Morgan fingerprint density at radius 3 is 2.39 bits per heavy atom. The second kappa shape index (κ2) is 12.9. The number of benzene rings is 2. The maximum absolute atomic E-state index is 15.0. The zero-order chi connectivity index (χ0) is 25.3. The lowest BCUT2D eigenvalue weighted by molar-refractivity contribution is 0.0729. The van der Waals surface area contributed by atoms with Gasteiger partial charge in [-0.15, -0.1) is 0 Å². The first-order valence-corrected chi connectivity index (χ1v) is 13.5. The van der Waals surface area contributed by atoms with Gasteiger partial charge in [-0.2, -0.15) is 0 Å². The maximum atomic E-state index is 15.0. The lowest BCUT2D eigenvalue weighted by Gasteiger charge is -2.42. The molecule has 36 heavy (non-hydrogen) atoms. The molecule has 0 aliphatic heterocycles. The van der Waals surface area contributed by atoms with E-state index in [0.717, 1.165) is 36.2 Å². The van der Waals surface area contributed by atoms with E-state index in [2.05, 4.69) is 19.1 Å². The molecule has 4 rings (SSSR count). The second-order valence-electron chi connectivity index (χ2n) is 10.3. The molecule has 0 aromatic heterocycles. The molecule has 3 nitrogen and oxygen atoms in total. The number of carbonyl (C=O) groups excluding carboxylic acids is 1. The summed E-state index contributed by atoms with van der Waals surface area (Å²) in [7, 11) is 0. The van der Waals surface area contributed by atoms with Crippen molar-refractivity contribution >= 4 is 5.97 Å². The predicted molar refractivity (Wildman–Crippen MR) is 143 cm³/mol. The van der Waals surface area contributed by atoms with E-state index in [9.17, 15) is 9.18 Å². The summed E-state index contributed by atoms with van der Waals surface area (Å²) in [6, 6.07) is 11.8. The van der Waals surface area contributed by atoms with Gasteiger partial charge in [0, 0.05) is 0 Å². The SMILES string of the molecule is C/C=C/CCC1CCC2CC(c3ccc(C(=O)Oc4ccc(OC/C=C/C)cc4)c(F)c3)CCC2C1. The van der Waals surface area contributed by atoms with Gasteiger partial charge in [0.15, 0.2) is 0 Å². The number of hydrogen-bond acceptors (Lipinski definition) is 3. The Morgan fingerprint density at radius 1 is 0.917 bits per heavy atom. The Balaban J connectivity index is 1.31. The molecule has 0 spiro atoms. The lowest BCUT2D eigenvalue weighted by atomic mass is 9.63. The van der Waals surface area contributed by atoms with Gasteiger partial charge >= 0.3 is 5.97 Å². The van der Waals surface area contributed by atoms with Crippen molar-refractivity contribution in [3.8, 4) is 11.5 Å². The van der Waals surface area contributed by atoms with Crippen LogP contribution in [0.25, 0.3) is 0 Å². The molecule has 192 valence electrons. The van der Waals surface area contributed by atoms with Gasteiger partial charge < -0.3 is 9.47 Å². The van der Waals surface area contributed by atoms with Crippen LogP contribution in [0.4, 0.5) is 4.39 Å². The third-order valence-corrected chi connectivity index (χ3v) is 8.00. The van der Waals surface area contributed by atoms with Gasteiger partial charge in [0.25, 0.3) is 0 Å². The van der Waals surface area contributed by atoms with Gasteiger partial charge in [-0.25, -0.2) is 9.18 Å². The van der Waals surface area contributed by atoms with E-state index >= 15 is 0 Å². The van der Waals surface area contributed by atoms with E-state index in [-0.39, 0.29) is 5.56 Å². The quantitative estimate of drug-likeness (QED) is 0.200. The van der Waals surface area contributed by atoms with Crippen molar-refractivity contribution in [1.29, 1.82) is 0 Å². The third kappa shape index (κ3) is 6.87. The summed E-state index contributed by atoms with van der Waals surface area (Å²) in [5, 5.41) is 0. The number of ether oxygens (including phenoxy) is 2. The normalized spacial score (nSPS) is 24.1. The Kier molecular flexibility index (Phi) is 9.38. The standard InChI is InChI=1S/C32H39FO3/c1-3-5-7-8-23-9-10-25-21-26(12-11-24(25)20-23)27-13-18-30(31(33)22-27)32(34)36-29-16-14-28(15-17-29)35-19-6-4-2/h3-6,13-18,22-26H,7-12,19-21H2,1-2H3/b5-3+,6-4+. The molecule has 2 aliphatic carbocycles. The fourth-order valence-corrected chi connectivity index (χ4v) is 6.01. The molecule has 2 fully saturated rings. The van der Waals surface area contributed by atoms with E-state index in [1.807, 2.05) is 25.1 Å². The third-order valence-electron chi connectivity index (χ3n) is 8.00. The number of carbonyl (C=O) groups is 1. The number of hydrogen-bond donors (Lipinski definition) is 0.